The highest BCUT2D eigenvalue weighted by molar-refractivity contribution is 5.78. The van der Waals surface area contributed by atoms with Crippen LogP contribution in [0.4, 0.5) is 0 Å². The minimum absolute atomic E-state index is 0.140. The third-order valence-electron chi connectivity index (χ3n) is 2.74. The second kappa shape index (κ2) is 4.44. The van der Waals surface area contributed by atoms with Crippen molar-refractivity contribution in [1.82, 2.24) is 20.2 Å². The molecule has 0 aromatic carbocycles. The Kier molecular flexibility index (Phi) is 3.01. The van der Waals surface area contributed by atoms with Crippen LogP contribution in [0, 0.1) is 0 Å². The summed E-state index contributed by atoms with van der Waals surface area (Å²) in [6.07, 6.45) is 5.59. The molecule has 1 aromatic rings. The second-order valence-corrected chi connectivity index (χ2v) is 3.75. The SMILES string of the molecule is CNCC(=O)N1CCCC1c1ncc[nH]1. The van der Waals surface area contributed by atoms with Crippen LogP contribution in [0.3, 0.4) is 0 Å². The summed E-state index contributed by atoms with van der Waals surface area (Å²) in [4.78, 5) is 21.0. The number of nitrogens with zero attached hydrogens (tertiary/aromatic N) is 2. The maximum absolute atomic E-state index is 11.8. The summed E-state index contributed by atoms with van der Waals surface area (Å²) in [7, 11) is 1.79. The Morgan fingerprint density at radius 3 is 3.33 bits per heavy atom. The summed E-state index contributed by atoms with van der Waals surface area (Å²) in [5.41, 5.74) is 0. The highest BCUT2D eigenvalue weighted by atomic mass is 16.2. The molecule has 5 nitrogen and oxygen atoms in total. The number of amides is 1. The van der Waals surface area contributed by atoms with Gasteiger partial charge in [-0.05, 0) is 19.9 Å². The Labute approximate surface area is 88.9 Å². The van der Waals surface area contributed by atoms with Crippen molar-refractivity contribution >= 4 is 5.91 Å². The van der Waals surface area contributed by atoms with Crippen LogP contribution in [-0.2, 0) is 4.79 Å². The van der Waals surface area contributed by atoms with Gasteiger partial charge in [0, 0.05) is 18.9 Å². The normalized spacial score (nSPS) is 20.9. The molecule has 0 spiro atoms. The molecule has 0 radical (unpaired) electrons. The number of nitrogens with one attached hydrogen (secondary N) is 2. The maximum atomic E-state index is 11.8. The molecular formula is C10H16N4O. The van der Waals surface area contributed by atoms with Crippen LogP contribution in [0.25, 0.3) is 0 Å². The number of hydrogen-bond acceptors (Lipinski definition) is 3. The summed E-state index contributed by atoms with van der Waals surface area (Å²) in [6, 6.07) is 0.140. The van der Waals surface area contributed by atoms with Gasteiger partial charge in [-0.2, -0.15) is 0 Å². The predicted molar refractivity (Wildman–Crippen MR) is 56.2 cm³/mol. The molecule has 1 amide bonds. The van der Waals surface area contributed by atoms with Crippen LogP contribution < -0.4 is 5.32 Å². The highest BCUT2D eigenvalue weighted by Crippen LogP contribution is 2.29. The van der Waals surface area contributed by atoms with Gasteiger partial charge in [0.15, 0.2) is 0 Å². The van der Waals surface area contributed by atoms with Crippen molar-refractivity contribution in [3.63, 3.8) is 0 Å². The Hall–Kier alpha value is -1.36. The molecule has 1 aliphatic rings. The number of aromatic amines is 1. The standard InChI is InChI=1S/C10H16N4O/c1-11-7-9(15)14-6-2-3-8(14)10-12-4-5-13-10/h4-5,8,11H,2-3,6-7H2,1H3,(H,12,13). The molecule has 5 heteroatoms. The highest BCUT2D eigenvalue weighted by Gasteiger charge is 2.30. The topological polar surface area (TPSA) is 61.0 Å². The average molecular weight is 208 g/mol. The summed E-state index contributed by atoms with van der Waals surface area (Å²) < 4.78 is 0. The van der Waals surface area contributed by atoms with Crippen molar-refractivity contribution in [3.8, 4) is 0 Å². The largest absolute Gasteiger partial charge is 0.347 e. The summed E-state index contributed by atoms with van der Waals surface area (Å²) in [6.45, 7) is 1.24. The van der Waals surface area contributed by atoms with Crippen LogP contribution in [-0.4, -0.2) is 40.9 Å². The van der Waals surface area contributed by atoms with Gasteiger partial charge in [0.25, 0.3) is 0 Å². The molecule has 1 aliphatic heterocycles. The Morgan fingerprint density at radius 1 is 1.80 bits per heavy atom. The number of carbonyl (C=O) groups is 1. The van der Waals surface area contributed by atoms with Crippen LogP contribution in [0.1, 0.15) is 24.7 Å². The molecule has 2 N–H and O–H groups in total. The Morgan fingerprint density at radius 2 is 2.67 bits per heavy atom. The molecule has 1 fully saturated rings. The third kappa shape index (κ3) is 2.02. The molecule has 1 aromatic heterocycles. The van der Waals surface area contributed by atoms with E-state index in [2.05, 4.69) is 15.3 Å². The molecule has 15 heavy (non-hydrogen) atoms. The molecule has 2 heterocycles. The first-order chi connectivity index (χ1) is 7.33. The number of likely N-dealkylation sites (tertiary alicyclic amines) is 1. The molecule has 2 rings (SSSR count). The van der Waals surface area contributed by atoms with Gasteiger partial charge >= 0.3 is 0 Å². The number of imidazole rings is 1. The number of carbonyl (C=O) groups excluding carboxylic acids is 1. The first kappa shape index (κ1) is 10.2. The number of H-pyrrole nitrogens is 1. The van der Waals surface area contributed by atoms with Crippen LogP contribution in [0.15, 0.2) is 12.4 Å². The predicted octanol–water partition coefficient (Wildman–Crippen LogP) is 0.293. The number of hydrogen-bond donors (Lipinski definition) is 2. The van der Waals surface area contributed by atoms with E-state index in [4.69, 9.17) is 0 Å². The van der Waals surface area contributed by atoms with Gasteiger partial charge in [0.2, 0.25) is 5.91 Å². The van der Waals surface area contributed by atoms with Crippen molar-refractivity contribution in [2.45, 2.75) is 18.9 Å². The fourth-order valence-corrected chi connectivity index (χ4v) is 2.06. The molecule has 0 aliphatic carbocycles. The fraction of sp³-hybridized carbons (Fsp3) is 0.600. The lowest BCUT2D eigenvalue weighted by Gasteiger charge is -2.22. The minimum Gasteiger partial charge on any atom is -0.347 e. The fourth-order valence-electron chi connectivity index (χ4n) is 2.06. The van der Waals surface area contributed by atoms with Crippen molar-refractivity contribution in [2.75, 3.05) is 20.1 Å². The third-order valence-corrected chi connectivity index (χ3v) is 2.74. The summed E-state index contributed by atoms with van der Waals surface area (Å²) >= 11 is 0. The van der Waals surface area contributed by atoms with Crippen molar-refractivity contribution in [2.24, 2.45) is 0 Å². The van der Waals surface area contributed by atoms with Gasteiger partial charge in [-0.3, -0.25) is 4.79 Å². The zero-order valence-corrected chi connectivity index (χ0v) is 8.86. The van der Waals surface area contributed by atoms with E-state index in [1.54, 1.807) is 19.4 Å². The van der Waals surface area contributed by atoms with E-state index in [-0.39, 0.29) is 11.9 Å². The molecular weight excluding hydrogens is 192 g/mol. The van der Waals surface area contributed by atoms with Crippen LogP contribution >= 0.6 is 0 Å². The monoisotopic (exact) mass is 208 g/mol. The van der Waals surface area contributed by atoms with Crippen molar-refractivity contribution in [3.05, 3.63) is 18.2 Å². The Balaban J connectivity index is 2.08. The molecule has 1 atom stereocenters. The quantitative estimate of drug-likeness (QED) is 0.750. The van der Waals surface area contributed by atoms with Crippen molar-refractivity contribution < 1.29 is 4.79 Å². The molecule has 0 saturated carbocycles. The lowest BCUT2D eigenvalue weighted by atomic mass is 10.2. The maximum Gasteiger partial charge on any atom is 0.237 e. The van der Waals surface area contributed by atoms with E-state index in [1.165, 1.54) is 0 Å². The molecule has 0 bridgehead atoms. The number of rotatable bonds is 3. The van der Waals surface area contributed by atoms with E-state index in [1.807, 2.05) is 4.90 Å². The van der Waals surface area contributed by atoms with Crippen LogP contribution in [0.5, 0.6) is 0 Å². The van der Waals surface area contributed by atoms with E-state index in [0.717, 1.165) is 25.2 Å². The van der Waals surface area contributed by atoms with Gasteiger partial charge in [-0.1, -0.05) is 0 Å². The second-order valence-electron chi connectivity index (χ2n) is 3.75. The molecule has 1 saturated heterocycles. The number of aromatic nitrogens is 2. The lowest BCUT2D eigenvalue weighted by molar-refractivity contribution is -0.131. The molecule has 82 valence electrons. The van der Waals surface area contributed by atoms with E-state index >= 15 is 0 Å². The van der Waals surface area contributed by atoms with Crippen LogP contribution in [0.2, 0.25) is 0 Å². The summed E-state index contributed by atoms with van der Waals surface area (Å²) in [5.74, 6) is 1.05. The van der Waals surface area contributed by atoms with Crippen molar-refractivity contribution in [1.29, 1.82) is 0 Å². The van der Waals surface area contributed by atoms with Gasteiger partial charge < -0.3 is 15.2 Å². The first-order valence-corrected chi connectivity index (χ1v) is 5.26. The molecule has 1 unspecified atom stereocenters. The zero-order valence-electron chi connectivity index (χ0n) is 8.86. The van der Waals surface area contributed by atoms with E-state index in [0.29, 0.717) is 6.54 Å². The smallest absolute Gasteiger partial charge is 0.237 e. The Bertz CT molecular complexity index is 322. The first-order valence-electron chi connectivity index (χ1n) is 5.26. The van der Waals surface area contributed by atoms with Gasteiger partial charge in [-0.15, -0.1) is 0 Å². The van der Waals surface area contributed by atoms with E-state index in [9.17, 15) is 4.79 Å². The lowest BCUT2D eigenvalue weighted by Crippen LogP contribution is -2.36. The summed E-state index contributed by atoms with van der Waals surface area (Å²) in [5, 5.41) is 2.89. The zero-order chi connectivity index (χ0) is 10.7. The minimum atomic E-state index is 0.140. The average Bonchev–Trinajstić information content (AvgIpc) is 2.88. The van der Waals surface area contributed by atoms with Gasteiger partial charge in [0.1, 0.15) is 5.82 Å². The van der Waals surface area contributed by atoms with Gasteiger partial charge in [-0.25, -0.2) is 4.98 Å². The number of likely N-dealkylation sites (N-methyl/N-ethyl adjacent to an activating group) is 1. The van der Waals surface area contributed by atoms with E-state index < -0.39 is 0 Å². The van der Waals surface area contributed by atoms with Gasteiger partial charge in [0.05, 0.1) is 12.6 Å².